The third-order valence-electron chi connectivity index (χ3n) is 2.37. The smallest absolute Gasteiger partial charge is 0.136 e. The number of nitrogens with two attached hydrogens (primary N) is 1. The molecule has 3 heteroatoms. The van der Waals surface area contributed by atoms with Crippen LogP contribution < -0.4 is 5.73 Å². The third-order valence-corrected chi connectivity index (χ3v) is 2.37. The van der Waals surface area contributed by atoms with Crippen molar-refractivity contribution >= 4 is 0 Å². The highest BCUT2D eigenvalue weighted by molar-refractivity contribution is 5.27. The van der Waals surface area contributed by atoms with Crippen molar-refractivity contribution in [2.24, 2.45) is 5.73 Å². The molecule has 0 amide bonds. The molecular formula is C12H15N3. The highest BCUT2D eigenvalue weighted by Crippen LogP contribution is 2.11. The van der Waals surface area contributed by atoms with E-state index < -0.39 is 0 Å². The lowest BCUT2D eigenvalue weighted by Crippen LogP contribution is -2.05. The van der Waals surface area contributed by atoms with Crippen LogP contribution in [0.5, 0.6) is 0 Å². The van der Waals surface area contributed by atoms with Crippen LogP contribution in [0, 0.1) is 0 Å². The lowest BCUT2D eigenvalue weighted by atomic mass is 10.2. The zero-order chi connectivity index (χ0) is 10.5. The molecule has 2 aromatic heterocycles. The van der Waals surface area contributed by atoms with Gasteiger partial charge in [-0.1, -0.05) is 6.07 Å². The summed E-state index contributed by atoms with van der Waals surface area (Å²) in [6.45, 7) is 0.730. The van der Waals surface area contributed by atoms with Gasteiger partial charge in [-0.15, -0.1) is 0 Å². The molecule has 2 N–H and O–H groups in total. The quantitative estimate of drug-likeness (QED) is 0.819. The van der Waals surface area contributed by atoms with Crippen LogP contribution in [0.25, 0.3) is 5.82 Å². The molecule has 0 fully saturated rings. The SMILES string of the molecule is NCCCc1cccn1-c1ccccn1. The van der Waals surface area contributed by atoms with Crippen molar-refractivity contribution in [3.05, 3.63) is 48.4 Å². The molecule has 2 rings (SSSR count). The summed E-state index contributed by atoms with van der Waals surface area (Å²) in [6, 6.07) is 10.1. The average molecular weight is 201 g/mol. The molecule has 78 valence electrons. The average Bonchev–Trinajstić information content (AvgIpc) is 2.75. The predicted molar refractivity (Wildman–Crippen MR) is 60.9 cm³/mol. The van der Waals surface area contributed by atoms with Gasteiger partial charge in [-0.2, -0.15) is 0 Å². The molecule has 0 unspecified atom stereocenters. The number of aromatic nitrogens is 2. The summed E-state index contributed by atoms with van der Waals surface area (Å²) in [5.41, 5.74) is 6.77. The van der Waals surface area contributed by atoms with Crippen molar-refractivity contribution in [2.45, 2.75) is 12.8 Å². The maximum Gasteiger partial charge on any atom is 0.136 e. The molecule has 0 bridgehead atoms. The van der Waals surface area contributed by atoms with Gasteiger partial charge in [-0.25, -0.2) is 4.98 Å². The molecule has 15 heavy (non-hydrogen) atoms. The Morgan fingerprint density at radius 2 is 2.13 bits per heavy atom. The second-order valence-corrected chi connectivity index (χ2v) is 3.45. The summed E-state index contributed by atoms with van der Waals surface area (Å²) in [7, 11) is 0. The lowest BCUT2D eigenvalue weighted by Gasteiger charge is -2.07. The van der Waals surface area contributed by atoms with E-state index in [1.807, 2.05) is 36.7 Å². The minimum absolute atomic E-state index is 0.730. The van der Waals surface area contributed by atoms with Gasteiger partial charge < -0.3 is 10.3 Å². The van der Waals surface area contributed by atoms with E-state index in [4.69, 9.17) is 5.73 Å². The fourth-order valence-electron chi connectivity index (χ4n) is 1.62. The van der Waals surface area contributed by atoms with Gasteiger partial charge in [0, 0.05) is 18.1 Å². The van der Waals surface area contributed by atoms with E-state index in [2.05, 4.69) is 15.6 Å². The van der Waals surface area contributed by atoms with Crippen molar-refractivity contribution in [3.8, 4) is 5.82 Å². The molecule has 2 heterocycles. The molecule has 2 aromatic rings. The predicted octanol–water partition coefficient (Wildman–Crippen LogP) is 1.76. The number of hydrogen-bond donors (Lipinski definition) is 1. The molecule has 0 aliphatic heterocycles. The standard InChI is InChI=1S/C12H15N3/c13-8-3-5-11-6-4-10-15(11)12-7-1-2-9-14-12/h1-2,4,6-7,9-10H,3,5,8,13H2. The van der Waals surface area contributed by atoms with E-state index in [1.165, 1.54) is 5.69 Å². The first-order valence-electron chi connectivity index (χ1n) is 5.19. The highest BCUT2D eigenvalue weighted by Gasteiger charge is 2.02. The molecular weight excluding hydrogens is 186 g/mol. The number of hydrogen-bond acceptors (Lipinski definition) is 2. The van der Waals surface area contributed by atoms with E-state index in [1.54, 1.807) is 0 Å². The number of nitrogens with zero attached hydrogens (tertiary/aromatic N) is 2. The van der Waals surface area contributed by atoms with Crippen molar-refractivity contribution in [1.29, 1.82) is 0 Å². The number of aryl methyl sites for hydroxylation is 1. The zero-order valence-corrected chi connectivity index (χ0v) is 8.63. The first kappa shape index (κ1) is 9.93. The fraction of sp³-hybridized carbons (Fsp3) is 0.250. The summed E-state index contributed by atoms with van der Waals surface area (Å²) in [5.74, 6) is 0.967. The van der Waals surface area contributed by atoms with Gasteiger partial charge in [-0.05, 0) is 43.7 Å². The molecule has 0 saturated carbocycles. The summed E-state index contributed by atoms with van der Waals surface area (Å²) in [5, 5.41) is 0. The van der Waals surface area contributed by atoms with Crippen molar-refractivity contribution in [2.75, 3.05) is 6.54 Å². The molecule has 0 aliphatic carbocycles. The normalized spacial score (nSPS) is 10.5. The van der Waals surface area contributed by atoms with Crippen molar-refractivity contribution in [1.82, 2.24) is 9.55 Å². The zero-order valence-electron chi connectivity index (χ0n) is 8.63. The largest absolute Gasteiger partial charge is 0.330 e. The summed E-state index contributed by atoms with van der Waals surface area (Å²) >= 11 is 0. The van der Waals surface area contributed by atoms with Crippen molar-refractivity contribution < 1.29 is 0 Å². The topological polar surface area (TPSA) is 43.8 Å². The van der Waals surface area contributed by atoms with Crippen LogP contribution in [-0.4, -0.2) is 16.1 Å². The Morgan fingerprint density at radius 1 is 1.20 bits per heavy atom. The Labute approximate surface area is 89.6 Å². The molecule has 0 aliphatic rings. The summed E-state index contributed by atoms with van der Waals surface area (Å²) < 4.78 is 2.11. The van der Waals surface area contributed by atoms with Gasteiger partial charge in [0.25, 0.3) is 0 Å². The van der Waals surface area contributed by atoms with E-state index in [0.717, 1.165) is 25.2 Å². The summed E-state index contributed by atoms with van der Waals surface area (Å²) in [6.07, 6.45) is 5.85. The molecule has 0 spiro atoms. The second kappa shape index (κ2) is 4.75. The Hall–Kier alpha value is -1.61. The van der Waals surface area contributed by atoms with Crippen LogP contribution in [0.3, 0.4) is 0 Å². The van der Waals surface area contributed by atoms with E-state index >= 15 is 0 Å². The number of rotatable bonds is 4. The molecule has 0 radical (unpaired) electrons. The Balaban J connectivity index is 2.25. The van der Waals surface area contributed by atoms with E-state index in [-0.39, 0.29) is 0 Å². The summed E-state index contributed by atoms with van der Waals surface area (Å²) in [4.78, 5) is 4.32. The van der Waals surface area contributed by atoms with Crippen LogP contribution in [0.2, 0.25) is 0 Å². The minimum Gasteiger partial charge on any atom is -0.330 e. The maximum absolute atomic E-state index is 5.51. The van der Waals surface area contributed by atoms with Gasteiger partial charge in [0.2, 0.25) is 0 Å². The maximum atomic E-state index is 5.51. The van der Waals surface area contributed by atoms with Gasteiger partial charge in [-0.3, -0.25) is 0 Å². The molecule has 0 aromatic carbocycles. The van der Waals surface area contributed by atoms with Gasteiger partial charge in [0.1, 0.15) is 5.82 Å². The first-order valence-corrected chi connectivity index (χ1v) is 5.19. The van der Waals surface area contributed by atoms with Crippen LogP contribution in [0.1, 0.15) is 12.1 Å². The lowest BCUT2D eigenvalue weighted by molar-refractivity contribution is 0.782. The van der Waals surface area contributed by atoms with Gasteiger partial charge in [0.05, 0.1) is 0 Å². The molecule has 0 atom stereocenters. The first-order chi connectivity index (χ1) is 7.42. The van der Waals surface area contributed by atoms with Gasteiger partial charge in [0.15, 0.2) is 0 Å². The molecule has 3 nitrogen and oxygen atoms in total. The van der Waals surface area contributed by atoms with Crippen molar-refractivity contribution in [3.63, 3.8) is 0 Å². The van der Waals surface area contributed by atoms with Crippen LogP contribution >= 0.6 is 0 Å². The van der Waals surface area contributed by atoms with E-state index in [0.29, 0.717) is 0 Å². The fourth-order valence-corrected chi connectivity index (χ4v) is 1.62. The number of pyridine rings is 1. The Morgan fingerprint density at radius 3 is 2.87 bits per heavy atom. The van der Waals surface area contributed by atoms with Gasteiger partial charge >= 0.3 is 0 Å². The minimum atomic E-state index is 0.730. The third kappa shape index (κ3) is 2.25. The highest BCUT2D eigenvalue weighted by atomic mass is 15.0. The Bertz CT molecular complexity index is 406. The monoisotopic (exact) mass is 201 g/mol. The molecule has 0 saturated heterocycles. The van der Waals surface area contributed by atoms with Crippen LogP contribution in [0.15, 0.2) is 42.7 Å². The van der Waals surface area contributed by atoms with E-state index in [9.17, 15) is 0 Å². The van der Waals surface area contributed by atoms with Crippen LogP contribution in [0.4, 0.5) is 0 Å². The van der Waals surface area contributed by atoms with Crippen LogP contribution in [-0.2, 0) is 6.42 Å². The Kier molecular flexibility index (Phi) is 3.15. The second-order valence-electron chi connectivity index (χ2n) is 3.45.